The second-order valence-corrected chi connectivity index (χ2v) is 6.99. The third kappa shape index (κ3) is 5.67. The molecular weight excluding hydrogens is 270 g/mol. The van der Waals surface area contributed by atoms with Gasteiger partial charge in [-0.1, -0.05) is 38.0 Å². The zero-order valence-corrected chi connectivity index (χ0v) is 14.5. The van der Waals surface area contributed by atoms with Crippen molar-refractivity contribution < 1.29 is 4.74 Å². The SMILES string of the molecule is COc1nc(N(C)C)sc1CNC(C)CCCC(C)C. The summed E-state index contributed by atoms with van der Waals surface area (Å²) < 4.78 is 5.35. The highest BCUT2D eigenvalue weighted by atomic mass is 32.1. The normalized spacial score (nSPS) is 12.8. The lowest BCUT2D eigenvalue weighted by Gasteiger charge is -2.14. The van der Waals surface area contributed by atoms with Gasteiger partial charge in [-0.2, -0.15) is 4.98 Å². The Bertz CT molecular complexity index is 390. The summed E-state index contributed by atoms with van der Waals surface area (Å²) in [4.78, 5) is 7.66. The molecular formula is C15H29N3OS. The molecule has 0 saturated heterocycles. The highest BCUT2D eigenvalue weighted by Gasteiger charge is 2.13. The molecule has 0 aliphatic carbocycles. The van der Waals surface area contributed by atoms with Crippen LogP contribution in [0.3, 0.4) is 0 Å². The monoisotopic (exact) mass is 299 g/mol. The van der Waals surface area contributed by atoms with E-state index in [1.807, 2.05) is 19.0 Å². The average Bonchev–Trinajstić information content (AvgIpc) is 2.79. The van der Waals surface area contributed by atoms with Crippen molar-refractivity contribution in [3.8, 4) is 5.88 Å². The van der Waals surface area contributed by atoms with Gasteiger partial charge in [0.2, 0.25) is 5.88 Å². The summed E-state index contributed by atoms with van der Waals surface area (Å²) in [5.74, 6) is 1.55. The van der Waals surface area contributed by atoms with Gasteiger partial charge in [0.25, 0.3) is 0 Å². The summed E-state index contributed by atoms with van der Waals surface area (Å²) in [6, 6.07) is 0.531. The van der Waals surface area contributed by atoms with Crippen molar-refractivity contribution in [3.05, 3.63) is 4.88 Å². The second kappa shape index (κ2) is 8.47. The van der Waals surface area contributed by atoms with Gasteiger partial charge in [0.1, 0.15) is 0 Å². The number of hydrogen-bond donors (Lipinski definition) is 1. The van der Waals surface area contributed by atoms with E-state index in [0.717, 1.165) is 23.5 Å². The molecule has 0 saturated carbocycles. The Hall–Kier alpha value is -0.810. The average molecular weight is 299 g/mol. The summed E-state index contributed by atoms with van der Waals surface area (Å²) in [7, 11) is 5.69. The fourth-order valence-corrected chi connectivity index (χ4v) is 2.89. The minimum Gasteiger partial charge on any atom is -0.480 e. The first-order chi connectivity index (χ1) is 9.43. The van der Waals surface area contributed by atoms with E-state index in [4.69, 9.17) is 4.74 Å². The summed E-state index contributed by atoms with van der Waals surface area (Å²) >= 11 is 1.69. The van der Waals surface area contributed by atoms with Crippen LogP contribution in [0, 0.1) is 5.92 Å². The molecule has 0 bridgehead atoms. The molecule has 5 heteroatoms. The van der Waals surface area contributed by atoms with Crippen LogP contribution < -0.4 is 15.0 Å². The number of rotatable bonds is 9. The first-order valence-electron chi connectivity index (χ1n) is 7.38. The van der Waals surface area contributed by atoms with Crippen LogP contribution in [-0.4, -0.2) is 32.2 Å². The molecule has 0 spiro atoms. The van der Waals surface area contributed by atoms with E-state index in [2.05, 4.69) is 31.1 Å². The van der Waals surface area contributed by atoms with Crippen molar-refractivity contribution in [3.63, 3.8) is 0 Å². The third-order valence-electron chi connectivity index (χ3n) is 3.26. The van der Waals surface area contributed by atoms with E-state index < -0.39 is 0 Å². The zero-order chi connectivity index (χ0) is 15.1. The molecule has 0 aliphatic heterocycles. The molecule has 1 unspecified atom stereocenters. The topological polar surface area (TPSA) is 37.4 Å². The first kappa shape index (κ1) is 17.2. The van der Waals surface area contributed by atoms with Gasteiger partial charge in [-0.25, -0.2) is 0 Å². The van der Waals surface area contributed by atoms with Crippen molar-refractivity contribution in [2.45, 2.75) is 52.6 Å². The van der Waals surface area contributed by atoms with Crippen molar-refractivity contribution in [1.82, 2.24) is 10.3 Å². The van der Waals surface area contributed by atoms with E-state index in [1.54, 1.807) is 18.4 Å². The molecule has 0 aliphatic rings. The van der Waals surface area contributed by atoms with Gasteiger partial charge < -0.3 is 15.0 Å². The van der Waals surface area contributed by atoms with Gasteiger partial charge in [-0.05, 0) is 19.3 Å². The highest BCUT2D eigenvalue weighted by molar-refractivity contribution is 7.15. The lowest BCUT2D eigenvalue weighted by atomic mass is 10.0. The largest absolute Gasteiger partial charge is 0.480 e. The van der Waals surface area contributed by atoms with Crippen molar-refractivity contribution in [2.24, 2.45) is 5.92 Å². The minimum absolute atomic E-state index is 0.531. The summed E-state index contributed by atoms with van der Waals surface area (Å²) in [6.07, 6.45) is 3.81. The Balaban J connectivity index is 2.44. The lowest BCUT2D eigenvalue weighted by Crippen LogP contribution is -2.25. The number of anilines is 1. The first-order valence-corrected chi connectivity index (χ1v) is 8.20. The number of aromatic nitrogens is 1. The number of hydrogen-bond acceptors (Lipinski definition) is 5. The quantitative estimate of drug-likeness (QED) is 0.757. The molecule has 1 rings (SSSR count). The number of nitrogens with zero attached hydrogens (tertiary/aromatic N) is 2. The van der Waals surface area contributed by atoms with Gasteiger partial charge in [-0.3, -0.25) is 0 Å². The molecule has 1 aromatic rings. The van der Waals surface area contributed by atoms with E-state index in [0.29, 0.717) is 6.04 Å². The molecule has 1 aromatic heterocycles. The van der Waals surface area contributed by atoms with Gasteiger partial charge in [0.05, 0.1) is 12.0 Å². The van der Waals surface area contributed by atoms with Crippen LogP contribution in [0.25, 0.3) is 0 Å². The molecule has 1 atom stereocenters. The minimum atomic E-state index is 0.531. The maximum atomic E-state index is 5.35. The Morgan fingerprint density at radius 1 is 1.25 bits per heavy atom. The van der Waals surface area contributed by atoms with E-state index in [-0.39, 0.29) is 0 Å². The van der Waals surface area contributed by atoms with Crippen molar-refractivity contribution >= 4 is 16.5 Å². The van der Waals surface area contributed by atoms with Crippen LogP contribution in [0.4, 0.5) is 5.13 Å². The van der Waals surface area contributed by atoms with Crippen LogP contribution >= 0.6 is 11.3 Å². The summed E-state index contributed by atoms with van der Waals surface area (Å²) in [6.45, 7) is 7.64. The number of ether oxygens (including phenoxy) is 1. The van der Waals surface area contributed by atoms with E-state index in [9.17, 15) is 0 Å². The van der Waals surface area contributed by atoms with Crippen LogP contribution in [0.2, 0.25) is 0 Å². The van der Waals surface area contributed by atoms with Gasteiger partial charge in [0, 0.05) is 26.7 Å². The molecule has 0 fully saturated rings. The van der Waals surface area contributed by atoms with Gasteiger partial charge >= 0.3 is 0 Å². The van der Waals surface area contributed by atoms with Gasteiger partial charge in [-0.15, -0.1) is 0 Å². The molecule has 0 aromatic carbocycles. The Morgan fingerprint density at radius 3 is 2.50 bits per heavy atom. The van der Waals surface area contributed by atoms with Gasteiger partial charge in [0.15, 0.2) is 5.13 Å². The smallest absolute Gasteiger partial charge is 0.230 e. The molecule has 0 radical (unpaired) electrons. The van der Waals surface area contributed by atoms with Crippen LogP contribution in [-0.2, 0) is 6.54 Å². The molecule has 116 valence electrons. The van der Waals surface area contributed by atoms with Crippen molar-refractivity contribution in [2.75, 3.05) is 26.1 Å². The van der Waals surface area contributed by atoms with E-state index in [1.165, 1.54) is 24.1 Å². The lowest BCUT2D eigenvalue weighted by molar-refractivity contribution is 0.391. The number of thiazole rings is 1. The second-order valence-electron chi connectivity index (χ2n) is 5.93. The Morgan fingerprint density at radius 2 is 1.95 bits per heavy atom. The predicted molar refractivity (Wildman–Crippen MR) is 88.0 cm³/mol. The maximum Gasteiger partial charge on any atom is 0.230 e. The van der Waals surface area contributed by atoms with Crippen LogP contribution in [0.1, 0.15) is 44.9 Å². The fraction of sp³-hybridized carbons (Fsp3) is 0.800. The predicted octanol–water partition coefficient (Wildman–Crippen LogP) is 3.52. The number of nitrogens with one attached hydrogen (secondary N) is 1. The zero-order valence-electron chi connectivity index (χ0n) is 13.7. The van der Waals surface area contributed by atoms with Crippen LogP contribution in [0.5, 0.6) is 5.88 Å². The Labute approximate surface area is 127 Å². The fourth-order valence-electron chi connectivity index (χ4n) is 1.99. The standard InChI is InChI=1S/C15H29N3OS/c1-11(2)8-7-9-12(3)16-10-13-14(19-6)17-15(20-13)18(4)5/h11-12,16H,7-10H2,1-6H3. The molecule has 0 amide bonds. The molecule has 4 nitrogen and oxygen atoms in total. The van der Waals surface area contributed by atoms with E-state index >= 15 is 0 Å². The van der Waals surface area contributed by atoms with Crippen molar-refractivity contribution in [1.29, 1.82) is 0 Å². The molecule has 1 N–H and O–H groups in total. The molecule has 20 heavy (non-hydrogen) atoms. The summed E-state index contributed by atoms with van der Waals surface area (Å²) in [5, 5.41) is 4.56. The summed E-state index contributed by atoms with van der Waals surface area (Å²) in [5.41, 5.74) is 0. The molecule has 1 heterocycles. The van der Waals surface area contributed by atoms with Crippen LogP contribution in [0.15, 0.2) is 0 Å². The maximum absolute atomic E-state index is 5.35. The third-order valence-corrected chi connectivity index (χ3v) is 4.46. The number of methoxy groups -OCH3 is 1. The highest BCUT2D eigenvalue weighted by Crippen LogP contribution is 2.30. The Kier molecular flexibility index (Phi) is 7.30.